The fraction of sp³-hybridized carbons (Fsp3) is 0.667. The summed E-state index contributed by atoms with van der Waals surface area (Å²) in [6.45, 7) is 8.19. The Kier molecular flexibility index (Phi) is 5.04. The number of rotatable bonds is 6. The first-order valence-electron chi connectivity index (χ1n) is 5.70. The molecule has 0 atom stereocenters. The molecule has 0 unspecified atom stereocenters. The number of thiazole rings is 1. The van der Waals surface area contributed by atoms with E-state index >= 15 is 0 Å². The molecule has 0 amide bonds. The maximum Gasteiger partial charge on any atom is 0.0798 e. The van der Waals surface area contributed by atoms with Crippen LogP contribution in [0.5, 0.6) is 0 Å². The molecular formula is C12H21N3S2. The van der Waals surface area contributed by atoms with Gasteiger partial charge in [0.2, 0.25) is 0 Å². The van der Waals surface area contributed by atoms with Gasteiger partial charge in [-0.15, -0.1) is 11.3 Å². The van der Waals surface area contributed by atoms with Crippen molar-refractivity contribution in [2.75, 3.05) is 13.6 Å². The van der Waals surface area contributed by atoms with Crippen molar-refractivity contribution >= 4 is 28.5 Å². The summed E-state index contributed by atoms with van der Waals surface area (Å²) < 4.78 is 0. The van der Waals surface area contributed by atoms with Crippen LogP contribution in [0, 0.1) is 12.3 Å². The first-order valence-corrected chi connectivity index (χ1v) is 6.99. The molecule has 0 aromatic carbocycles. The molecule has 0 radical (unpaired) electrons. The number of hydrogen-bond acceptors (Lipinski definition) is 4. The minimum Gasteiger partial charge on any atom is -0.393 e. The Morgan fingerprint density at radius 3 is 2.71 bits per heavy atom. The summed E-state index contributed by atoms with van der Waals surface area (Å²) in [5.41, 5.74) is 8.69. The predicted molar refractivity (Wildman–Crippen MR) is 78.4 cm³/mol. The molecule has 1 rings (SSSR count). The second-order valence-electron chi connectivity index (χ2n) is 5.10. The second kappa shape index (κ2) is 5.89. The van der Waals surface area contributed by atoms with Crippen LogP contribution in [0.25, 0.3) is 0 Å². The highest BCUT2D eigenvalue weighted by molar-refractivity contribution is 7.80. The van der Waals surface area contributed by atoms with E-state index in [4.69, 9.17) is 18.0 Å². The van der Waals surface area contributed by atoms with Gasteiger partial charge >= 0.3 is 0 Å². The Hall–Kier alpha value is -0.520. The van der Waals surface area contributed by atoms with E-state index < -0.39 is 0 Å². The maximum absolute atomic E-state index is 5.72. The molecule has 1 aromatic heterocycles. The summed E-state index contributed by atoms with van der Waals surface area (Å²) in [6.07, 6.45) is 0.983. The molecule has 0 aliphatic rings. The molecule has 3 nitrogen and oxygen atoms in total. The van der Waals surface area contributed by atoms with E-state index in [-0.39, 0.29) is 5.41 Å². The highest BCUT2D eigenvalue weighted by Crippen LogP contribution is 2.22. The third-order valence-corrected chi connectivity index (χ3v) is 4.52. The van der Waals surface area contributed by atoms with Gasteiger partial charge in [0.05, 0.1) is 16.2 Å². The number of hydrogen-bond donors (Lipinski definition) is 1. The van der Waals surface area contributed by atoms with Crippen LogP contribution >= 0.6 is 23.6 Å². The van der Waals surface area contributed by atoms with E-state index in [1.807, 2.05) is 5.51 Å². The van der Waals surface area contributed by atoms with Crippen LogP contribution in [0.15, 0.2) is 5.51 Å². The summed E-state index contributed by atoms with van der Waals surface area (Å²) >= 11 is 6.79. The Balaban J connectivity index is 2.43. The van der Waals surface area contributed by atoms with Gasteiger partial charge in [-0.3, -0.25) is 0 Å². The van der Waals surface area contributed by atoms with E-state index in [1.54, 1.807) is 11.3 Å². The van der Waals surface area contributed by atoms with Gasteiger partial charge in [0.25, 0.3) is 0 Å². The number of nitrogens with zero attached hydrogens (tertiary/aromatic N) is 2. The molecule has 0 bridgehead atoms. The van der Waals surface area contributed by atoms with Crippen LogP contribution in [-0.2, 0) is 6.54 Å². The van der Waals surface area contributed by atoms with Gasteiger partial charge in [-0.2, -0.15) is 0 Å². The number of aromatic nitrogens is 1. The van der Waals surface area contributed by atoms with Crippen molar-refractivity contribution < 1.29 is 0 Å². The quantitative estimate of drug-likeness (QED) is 0.808. The number of aryl methyl sites for hydroxylation is 1. The van der Waals surface area contributed by atoms with Crippen LogP contribution in [-0.4, -0.2) is 28.5 Å². The lowest BCUT2D eigenvalue weighted by atomic mass is 9.89. The molecule has 0 spiro atoms. The summed E-state index contributed by atoms with van der Waals surface area (Å²) in [4.78, 5) is 8.48. The molecule has 17 heavy (non-hydrogen) atoms. The third-order valence-electron chi connectivity index (χ3n) is 3.04. The SMILES string of the molecule is Cc1ncsc1CN(C)CCC(C)(C)C(N)=S. The molecule has 0 fully saturated rings. The second-order valence-corrected chi connectivity index (χ2v) is 6.48. The van der Waals surface area contributed by atoms with E-state index in [0.29, 0.717) is 4.99 Å². The molecule has 2 N–H and O–H groups in total. The summed E-state index contributed by atoms with van der Waals surface area (Å²) in [5, 5.41) is 0. The van der Waals surface area contributed by atoms with Gasteiger partial charge in [0.15, 0.2) is 0 Å². The van der Waals surface area contributed by atoms with Gasteiger partial charge < -0.3 is 10.6 Å². The van der Waals surface area contributed by atoms with Gasteiger partial charge in [-0.1, -0.05) is 26.1 Å². The number of nitrogens with two attached hydrogens (primary N) is 1. The van der Waals surface area contributed by atoms with Crippen molar-refractivity contribution in [3.63, 3.8) is 0 Å². The van der Waals surface area contributed by atoms with Crippen LogP contribution < -0.4 is 5.73 Å². The predicted octanol–water partition coefficient (Wildman–Crippen LogP) is 2.59. The van der Waals surface area contributed by atoms with Crippen molar-refractivity contribution in [2.45, 2.75) is 33.7 Å². The Bertz CT molecular complexity index is 385. The Morgan fingerprint density at radius 1 is 1.59 bits per heavy atom. The maximum atomic E-state index is 5.72. The average molecular weight is 271 g/mol. The molecule has 5 heteroatoms. The average Bonchev–Trinajstić information content (AvgIpc) is 2.61. The van der Waals surface area contributed by atoms with Crippen LogP contribution in [0.1, 0.15) is 30.8 Å². The lowest BCUT2D eigenvalue weighted by molar-refractivity contribution is 0.287. The van der Waals surface area contributed by atoms with Crippen molar-refractivity contribution in [1.29, 1.82) is 0 Å². The number of thiocarbonyl (C=S) groups is 1. The molecule has 1 aromatic rings. The van der Waals surface area contributed by atoms with Crippen LogP contribution in [0.4, 0.5) is 0 Å². The summed E-state index contributed by atoms with van der Waals surface area (Å²) in [7, 11) is 2.12. The van der Waals surface area contributed by atoms with Crippen molar-refractivity contribution in [1.82, 2.24) is 9.88 Å². The van der Waals surface area contributed by atoms with Gasteiger partial charge in [-0.05, 0) is 26.9 Å². The lowest BCUT2D eigenvalue weighted by Gasteiger charge is -2.26. The first kappa shape index (κ1) is 14.5. The monoisotopic (exact) mass is 271 g/mol. The van der Waals surface area contributed by atoms with Gasteiger partial charge in [-0.25, -0.2) is 4.98 Å². The standard InChI is InChI=1S/C12H21N3S2/c1-9-10(17-8-14-9)7-15(4)6-5-12(2,3)11(13)16/h8H,5-7H2,1-4H3,(H2,13,16). The Morgan fingerprint density at radius 2 is 2.24 bits per heavy atom. The van der Waals surface area contributed by atoms with Gasteiger partial charge in [0.1, 0.15) is 0 Å². The molecule has 96 valence electrons. The van der Waals surface area contributed by atoms with E-state index in [9.17, 15) is 0 Å². The molecule has 0 saturated carbocycles. The van der Waals surface area contributed by atoms with Crippen molar-refractivity contribution in [3.8, 4) is 0 Å². The minimum atomic E-state index is -0.0632. The van der Waals surface area contributed by atoms with E-state index in [2.05, 4.69) is 37.7 Å². The zero-order valence-electron chi connectivity index (χ0n) is 11.0. The largest absolute Gasteiger partial charge is 0.393 e. The van der Waals surface area contributed by atoms with E-state index in [0.717, 1.165) is 25.2 Å². The zero-order chi connectivity index (χ0) is 13.1. The molecule has 1 heterocycles. The van der Waals surface area contributed by atoms with Crippen LogP contribution in [0.3, 0.4) is 0 Å². The summed E-state index contributed by atoms with van der Waals surface area (Å²) in [5.74, 6) is 0. The summed E-state index contributed by atoms with van der Waals surface area (Å²) in [6, 6.07) is 0. The van der Waals surface area contributed by atoms with Gasteiger partial charge in [0, 0.05) is 16.8 Å². The normalized spacial score (nSPS) is 12.1. The first-order chi connectivity index (χ1) is 7.83. The lowest BCUT2D eigenvalue weighted by Crippen LogP contribution is -2.33. The fourth-order valence-corrected chi connectivity index (χ4v) is 2.35. The fourth-order valence-electron chi connectivity index (χ4n) is 1.40. The van der Waals surface area contributed by atoms with Crippen molar-refractivity contribution in [3.05, 3.63) is 16.1 Å². The highest BCUT2D eigenvalue weighted by Gasteiger charge is 2.21. The molecule has 0 saturated heterocycles. The molecular weight excluding hydrogens is 250 g/mol. The van der Waals surface area contributed by atoms with Crippen molar-refractivity contribution in [2.24, 2.45) is 11.1 Å². The molecule has 0 aliphatic heterocycles. The van der Waals surface area contributed by atoms with E-state index in [1.165, 1.54) is 4.88 Å². The van der Waals surface area contributed by atoms with Crippen LogP contribution in [0.2, 0.25) is 0 Å². The highest BCUT2D eigenvalue weighted by atomic mass is 32.1. The minimum absolute atomic E-state index is 0.0632. The third kappa shape index (κ3) is 4.33. The Labute approximate surface area is 113 Å². The molecule has 0 aliphatic carbocycles. The smallest absolute Gasteiger partial charge is 0.0798 e. The zero-order valence-corrected chi connectivity index (χ0v) is 12.6. The topological polar surface area (TPSA) is 42.2 Å².